The van der Waals surface area contributed by atoms with Gasteiger partial charge in [-0.2, -0.15) is 0 Å². The van der Waals surface area contributed by atoms with E-state index in [1.807, 2.05) is 12.3 Å². The fourth-order valence-electron chi connectivity index (χ4n) is 4.43. The number of halogens is 1. The highest BCUT2D eigenvalue weighted by atomic mass is 19.1. The van der Waals surface area contributed by atoms with Crippen molar-refractivity contribution in [2.75, 3.05) is 5.32 Å². The van der Waals surface area contributed by atoms with Gasteiger partial charge in [-0.05, 0) is 37.8 Å². The van der Waals surface area contributed by atoms with Gasteiger partial charge in [0.05, 0.1) is 11.2 Å². The second-order valence-electron chi connectivity index (χ2n) is 8.73. The Morgan fingerprint density at radius 2 is 1.83 bits per heavy atom. The Hall–Kier alpha value is -1.88. The Kier molecular flexibility index (Phi) is 7.33. The molecule has 0 spiro atoms. The first-order valence-corrected chi connectivity index (χ1v) is 11.3. The summed E-state index contributed by atoms with van der Waals surface area (Å²) in [6.07, 6.45) is 9.73. The molecule has 0 radical (unpaired) electrons. The number of benzene rings is 1. The molecular weight excluding hydrogens is 365 g/mol. The van der Waals surface area contributed by atoms with Crippen LogP contribution in [0.15, 0.2) is 23.1 Å². The molecule has 3 rings (SSSR count). The monoisotopic (exact) mass is 401 g/mol. The fraction of sp³-hybridized carbons (Fsp3) is 0.625. The summed E-state index contributed by atoms with van der Waals surface area (Å²) >= 11 is 0. The Balaban J connectivity index is 2.09. The van der Waals surface area contributed by atoms with Crippen LogP contribution in [-0.4, -0.2) is 16.7 Å². The number of aromatic nitrogens is 1. The van der Waals surface area contributed by atoms with E-state index in [-0.39, 0.29) is 23.3 Å². The van der Waals surface area contributed by atoms with Crippen molar-refractivity contribution in [1.29, 1.82) is 0 Å². The number of hydrogen-bond acceptors (Lipinski definition) is 3. The maximum atomic E-state index is 15.0. The third-order valence-electron chi connectivity index (χ3n) is 6.20. The zero-order chi connectivity index (χ0) is 21.0. The van der Waals surface area contributed by atoms with Gasteiger partial charge in [0.15, 0.2) is 5.43 Å². The molecule has 29 heavy (non-hydrogen) atoms. The molecule has 1 fully saturated rings. The van der Waals surface area contributed by atoms with E-state index in [0.29, 0.717) is 29.2 Å². The van der Waals surface area contributed by atoms with E-state index in [1.165, 1.54) is 25.3 Å². The average molecular weight is 402 g/mol. The van der Waals surface area contributed by atoms with Gasteiger partial charge in [-0.3, -0.25) is 4.79 Å². The molecule has 0 saturated heterocycles. The summed E-state index contributed by atoms with van der Waals surface area (Å²) in [4.78, 5) is 13.1. The predicted octanol–water partition coefficient (Wildman–Crippen LogP) is 5.74. The molecular formula is C24H36FN3O. The van der Waals surface area contributed by atoms with Crippen molar-refractivity contribution in [3.8, 4) is 0 Å². The van der Waals surface area contributed by atoms with Crippen LogP contribution in [0.25, 0.3) is 10.9 Å². The molecule has 4 nitrogen and oxygen atoms in total. The van der Waals surface area contributed by atoms with Gasteiger partial charge >= 0.3 is 0 Å². The van der Waals surface area contributed by atoms with Crippen LogP contribution >= 0.6 is 0 Å². The van der Waals surface area contributed by atoms with E-state index >= 15 is 0 Å². The summed E-state index contributed by atoms with van der Waals surface area (Å²) in [7, 11) is 0. The highest BCUT2D eigenvalue weighted by molar-refractivity contribution is 5.83. The van der Waals surface area contributed by atoms with E-state index in [0.717, 1.165) is 31.2 Å². The van der Waals surface area contributed by atoms with Crippen LogP contribution in [0.1, 0.15) is 84.2 Å². The molecule has 1 aromatic heterocycles. The van der Waals surface area contributed by atoms with Crippen LogP contribution in [0.4, 0.5) is 10.1 Å². The van der Waals surface area contributed by atoms with Gasteiger partial charge in [-0.25, -0.2) is 4.39 Å². The average Bonchev–Trinajstić information content (AvgIpc) is 2.71. The molecule has 1 aliphatic rings. The fourth-order valence-corrected chi connectivity index (χ4v) is 4.43. The first-order valence-electron chi connectivity index (χ1n) is 11.3. The van der Waals surface area contributed by atoms with Crippen LogP contribution in [0.2, 0.25) is 0 Å². The number of nitrogens with zero attached hydrogens (tertiary/aromatic N) is 1. The van der Waals surface area contributed by atoms with Crippen LogP contribution in [0.5, 0.6) is 0 Å². The van der Waals surface area contributed by atoms with Crippen molar-refractivity contribution >= 4 is 16.6 Å². The van der Waals surface area contributed by atoms with Gasteiger partial charge in [-0.1, -0.05) is 47.0 Å². The molecule has 2 aromatic rings. The maximum Gasteiger partial charge on any atom is 0.193 e. The summed E-state index contributed by atoms with van der Waals surface area (Å²) in [6, 6.07) is 4.19. The van der Waals surface area contributed by atoms with Gasteiger partial charge in [0, 0.05) is 41.8 Å². The molecule has 1 heterocycles. The topological polar surface area (TPSA) is 46.1 Å². The molecule has 1 aliphatic carbocycles. The van der Waals surface area contributed by atoms with Crippen molar-refractivity contribution in [3.05, 3.63) is 39.9 Å². The van der Waals surface area contributed by atoms with E-state index in [2.05, 4.69) is 42.9 Å². The SMILES string of the molecule is CCC(CC)n1cc(CNC(C)C)c(=O)c2cc(F)c(NC3CCCCC3)cc21. The largest absolute Gasteiger partial charge is 0.380 e. The number of anilines is 1. The first kappa shape index (κ1) is 21.8. The zero-order valence-corrected chi connectivity index (χ0v) is 18.4. The molecule has 0 unspecified atom stereocenters. The lowest BCUT2D eigenvalue weighted by atomic mass is 9.95. The third kappa shape index (κ3) is 5.00. The van der Waals surface area contributed by atoms with Crippen molar-refractivity contribution < 1.29 is 4.39 Å². The van der Waals surface area contributed by atoms with Crippen LogP contribution < -0.4 is 16.1 Å². The summed E-state index contributed by atoms with van der Waals surface area (Å²) in [5, 5.41) is 7.22. The van der Waals surface area contributed by atoms with Gasteiger partial charge in [0.1, 0.15) is 5.82 Å². The lowest BCUT2D eigenvalue weighted by Gasteiger charge is -2.26. The second kappa shape index (κ2) is 9.75. The number of fused-ring (bicyclic) bond motifs is 1. The number of rotatable bonds is 8. The Labute approximate surface area is 173 Å². The summed E-state index contributed by atoms with van der Waals surface area (Å²) in [5.74, 6) is -0.328. The molecule has 1 saturated carbocycles. The predicted molar refractivity (Wildman–Crippen MR) is 120 cm³/mol. The lowest BCUT2D eigenvalue weighted by Crippen LogP contribution is -2.27. The van der Waals surface area contributed by atoms with Crippen molar-refractivity contribution in [1.82, 2.24) is 9.88 Å². The van der Waals surface area contributed by atoms with Crippen molar-refractivity contribution in [3.63, 3.8) is 0 Å². The maximum absolute atomic E-state index is 15.0. The molecule has 0 bridgehead atoms. The third-order valence-corrected chi connectivity index (χ3v) is 6.20. The standard InChI is InChI=1S/C24H36FN3O/c1-5-19(6-2)28-15-17(14-26-16(3)4)24(29)20-12-21(25)22(13-23(20)28)27-18-10-8-7-9-11-18/h12-13,15-16,18-19,26-27H,5-11,14H2,1-4H3. The molecule has 0 atom stereocenters. The first-order chi connectivity index (χ1) is 13.9. The lowest BCUT2D eigenvalue weighted by molar-refractivity contribution is 0.460. The Morgan fingerprint density at radius 3 is 2.45 bits per heavy atom. The minimum absolute atomic E-state index is 0.0709. The Bertz CT molecular complexity index is 880. The number of pyridine rings is 1. The van der Waals surface area contributed by atoms with Crippen molar-refractivity contribution in [2.45, 2.75) is 97.3 Å². The molecule has 2 N–H and O–H groups in total. The highest BCUT2D eigenvalue weighted by Crippen LogP contribution is 2.29. The van der Waals surface area contributed by atoms with Gasteiger partial charge in [-0.15, -0.1) is 0 Å². The molecule has 5 heteroatoms. The molecule has 0 amide bonds. The highest BCUT2D eigenvalue weighted by Gasteiger charge is 2.19. The van der Waals surface area contributed by atoms with E-state index in [1.54, 1.807) is 0 Å². The smallest absolute Gasteiger partial charge is 0.193 e. The van der Waals surface area contributed by atoms with E-state index in [4.69, 9.17) is 0 Å². The summed E-state index contributed by atoms with van der Waals surface area (Å²) in [6.45, 7) is 8.94. The molecule has 0 aliphatic heterocycles. The summed E-state index contributed by atoms with van der Waals surface area (Å²) in [5.41, 5.74) is 1.98. The van der Waals surface area contributed by atoms with Gasteiger partial charge in [0.2, 0.25) is 0 Å². The van der Waals surface area contributed by atoms with Gasteiger partial charge < -0.3 is 15.2 Å². The zero-order valence-electron chi connectivity index (χ0n) is 18.4. The number of hydrogen-bond donors (Lipinski definition) is 2. The van der Waals surface area contributed by atoms with E-state index < -0.39 is 0 Å². The second-order valence-corrected chi connectivity index (χ2v) is 8.73. The molecule has 1 aromatic carbocycles. The normalized spacial score (nSPS) is 15.6. The van der Waals surface area contributed by atoms with E-state index in [9.17, 15) is 9.18 Å². The quantitative estimate of drug-likeness (QED) is 0.592. The van der Waals surface area contributed by atoms with Crippen LogP contribution in [0.3, 0.4) is 0 Å². The minimum atomic E-state index is -0.328. The van der Waals surface area contributed by atoms with Crippen molar-refractivity contribution in [2.24, 2.45) is 0 Å². The minimum Gasteiger partial charge on any atom is -0.380 e. The molecule has 160 valence electrons. The van der Waals surface area contributed by atoms with Gasteiger partial charge in [0.25, 0.3) is 0 Å². The Morgan fingerprint density at radius 1 is 1.14 bits per heavy atom. The summed E-state index contributed by atoms with van der Waals surface area (Å²) < 4.78 is 17.2. The number of nitrogens with one attached hydrogen (secondary N) is 2. The van der Waals surface area contributed by atoms with Crippen LogP contribution in [0, 0.1) is 5.82 Å². The van der Waals surface area contributed by atoms with Crippen LogP contribution in [-0.2, 0) is 6.54 Å².